The van der Waals surface area contributed by atoms with Gasteiger partial charge in [-0.1, -0.05) is 0 Å². The minimum atomic E-state index is 0.126. The summed E-state index contributed by atoms with van der Waals surface area (Å²) in [5, 5.41) is 0. The third-order valence-electron chi connectivity index (χ3n) is 5.93. The fourth-order valence-corrected chi connectivity index (χ4v) is 4.32. The van der Waals surface area contributed by atoms with E-state index in [4.69, 9.17) is 9.47 Å². The van der Waals surface area contributed by atoms with Crippen molar-refractivity contribution in [2.24, 2.45) is 5.92 Å². The van der Waals surface area contributed by atoms with E-state index in [1.807, 2.05) is 4.90 Å². The van der Waals surface area contributed by atoms with Crippen molar-refractivity contribution in [1.82, 2.24) is 14.7 Å². The van der Waals surface area contributed by atoms with Crippen LogP contribution in [-0.4, -0.2) is 99.4 Å². The minimum absolute atomic E-state index is 0.126. The average molecular weight is 325 g/mol. The average Bonchev–Trinajstić information content (AvgIpc) is 3.05. The van der Waals surface area contributed by atoms with Crippen LogP contribution in [0.2, 0.25) is 0 Å². The molecule has 0 radical (unpaired) electrons. The first kappa shape index (κ1) is 17.1. The van der Waals surface area contributed by atoms with Gasteiger partial charge in [0.1, 0.15) is 6.61 Å². The van der Waals surface area contributed by atoms with Crippen LogP contribution >= 0.6 is 0 Å². The predicted octanol–water partition coefficient (Wildman–Crippen LogP) is 0.278. The molecule has 6 heteroatoms. The zero-order valence-corrected chi connectivity index (χ0v) is 14.6. The van der Waals surface area contributed by atoms with Gasteiger partial charge in [0, 0.05) is 58.5 Å². The van der Waals surface area contributed by atoms with Gasteiger partial charge in [-0.3, -0.25) is 14.6 Å². The number of hydrogen-bond donors (Lipinski definition) is 0. The highest BCUT2D eigenvalue weighted by atomic mass is 16.5. The number of carbonyl (C=O) groups is 1. The molecule has 0 saturated carbocycles. The molecular formula is C17H31N3O3. The maximum absolute atomic E-state index is 12.0. The van der Waals surface area contributed by atoms with E-state index >= 15 is 0 Å². The van der Waals surface area contributed by atoms with Crippen molar-refractivity contribution in [3.05, 3.63) is 0 Å². The van der Waals surface area contributed by atoms with Crippen molar-refractivity contribution >= 4 is 5.91 Å². The Hall–Kier alpha value is -0.690. The van der Waals surface area contributed by atoms with Crippen molar-refractivity contribution < 1.29 is 14.3 Å². The fraction of sp³-hybridized carbons (Fsp3) is 0.941. The topological polar surface area (TPSA) is 45.3 Å². The molecule has 1 amide bonds. The van der Waals surface area contributed by atoms with Gasteiger partial charge in [0.2, 0.25) is 5.91 Å². The fourth-order valence-electron chi connectivity index (χ4n) is 4.32. The molecule has 3 aliphatic rings. The Balaban J connectivity index is 1.55. The van der Waals surface area contributed by atoms with Crippen molar-refractivity contribution in [1.29, 1.82) is 0 Å². The predicted molar refractivity (Wildman–Crippen MR) is 88.4 cm³/mol. The van der Waals surface area contributed by atoms with Crippen molar-refractivity contribution in [2.45, 2.75) is 24.8 Å². The van der Waals surface area contributed by atoms with Crippen molar-refractivity contribution in [3.8, 4) is 0 Å². The van der Waals surface area contributed by atoms with Gasteiger partial charge in [0.25, 0.3) is 0 Å². The molecule has 132 valence electrons. The molecule has 0 aromatic rings. The zero-order valence-electron chi connectivity index (χ0n) is 14.6. The summed E-state index contributed by atoms with van der Waals surface area (Å²) in [6.07, 6.45) is 3.34. The molecule has 3 fully saturated rings. The summed E-state index contributed by atoms with van der Waals surface area (Å²) in [5.41, 5.74) is 0.238. The third kappa shape index (κ3) is 3.87. The molecule has 0 aliphatic carbocycles. The monoisotopic (exact) mass is 325 g/mol. The van der Waals surface area contributed by atoms with Crippen LogP contribution < -0.4 is 0 Å². The molecule has 6 nitrogen and oxygen atoms in total. The van der Waals surface area contributed by atoms with Gasteiger partial charge in [-0.2, -0.15) is 0 Å². The van der Waals surface area contributed by atoms with E-state index in [0.29, 0.717) is 5.92 Å². The van der Waals surface area contributed by atoms with E-state index in [1.54, 1.807) is 7.11 Å². The Bertz CT molecular complexity index is 404. The number of likely N-dealkylation sites (N-methyl/N-ethyl adjacent to an activating group) is 1. The van der Waals surface area contributed by atoms with E-state index in [0.717, 1.165) is 58.8 Å². The van der Waals surface area contributed by atoms with Gasteiger partial charge < -0.3 is 14.4 Å². The van der Waals surface area contributed by atoms with Gasteiger partial charge in [-0.15, -0.1) is 0 Å². The molecular weight excluding hydrogens is 294 g/mol. The highest BCUT2D eigenvalue weighted by molar-refractivity contribution is 5.77. The van der Waals surface area contributed by atoms with Crippen LogP contribution in [0.25, 0.3) is 0 Å². The van der Waals surface area contributed by atoms with Crippen molar-refractivity contribution in [3.63, 3.8) is 0 Å². The molecule has 0 bridgehead atoms. The number of methoxy groups -OCH3 is 1. The first-order valence-corrected chi connectivity index (χ1v) is 8.91. The molecule has 3 heterocycles. The number of piperazine rings is 1. The zero-order chi connectivity index (χ0) is 16.3. The largest absolute Gasteiger partial charge is 0.381 e. The lowest BCUT2D eigenvalue weighted by atomic mass is 9.83. The Labute approximate surface area is 139 Å². The second-order valence-electron chi connectivity index (χ2n) is 7.42. The molecule has 1 atom stereocenters. The molecule has 3 rings (SSSR count). The van der Waals surface area contributed by atoms with E-state index in [2.05, 4.69) is 16.8 Å². The quantitative estimate of drug-likeness (QED) is 0.743. The Morgan fingerprint density at radius 3 is 2.70 bits per heavy atom. The molecule has 0 aromatic carbocycles. The summed E-state index contributed by atoms with van der Waals surface area (Å²) < 4.78 is 10.5. The Morgan fingerprint density at radius 1 is 1.26 bits per heavy atom. The molecule has 1 unspecified atom stereocenters. The Morgan fingerprint density at radius 2 is 2.04 bits per heavy atom. The second kappa shape index (κ2) is 7.47. The number of piperidine rings is 1. The maximum atomic E-state index is 12.0. The summed E-state index contributed by atoms with van der Waals surface area (Å²) in [6.45, 7) is 8.35. The smallest absolute Gasteiger partial charge is 0.248 e. The highest BCUT2D eigenvalue weighted by Gasteiger charge is 2.43. The first-order valence-electron chi connectivity index (χ1n) is 8.91. The number of carbonyl (C=O) groups excluding carboxylic acids is 1. The maximum Gasteiger partial charge on any atom is 0.248 e. The van der Waals surface area contributed by atoms with Crippen LogP contribution in [0, 0.1) is 5.92 Å². The number of ether oxygens (including phenoxy) is 2. The van der Waals surface area contributed by atoms with Crippen LogP contribution in [0.5, 0.6) is 0 Å². The number of rotatable bonds is 4. The molecule has 3 aliphatic heterocycles. The highest BCUT2D eigenvalue weighted by Crippen LogP contribution is 2.32. The Kier molecular flexibility index (Phi) is 5.57. The van der Waals surface area contributed by atoms with E-state index in [9.17, 15) is 4.79 Å². The lowest BCUT2D eigenvalue weighted by molar-refractivity contribution is -0.138. The molecule has 0 N–H and O–H groups in total. The number of amides is 1. The minimum Gasteiger partial charge on any atom is -0.381 e. The third-order valence-corrected chi connectivity index (χ3v) is 5.93. The van der Waals surface area contributed by atoms with E-state index in [-0.39, 0.29) is 18.1 Å². The van der Waals surface area contributed by atoms with Crippen LogP contribution in [0.15, 0.2) is 0 Å². The summed E-state index contributed by atoms with van der Waals surface area (Å²) in [6, 6.07) is 0. The number of hydrogen-bond acceptors (Lipinski definition) is 5. The summed E-state index contributed by atoms with van der Waals surface area (Å²) in [4.78, 5) is 19.1. The number of nitrogens with zero attached hydrogens (tertiary/aromatic N) is 3. The van der Waals surface area contributed by atoms with E-state index < -0.39 is 0 Å². The van der Waals surface area contributed by atoms with Crippen molar-refractivity contribution in [2.75, 3.05) is 73.2 Å². The molecule has 0 aromatic heterocycles. The lowest BCUT2D eigenvalue weighted by Crippen LogP contribution is -2.65. The van der Waals surface area contributed by atoms with Crippen LogP contribution in [0.1, 0.15) is 19.3 Å². The van der Waals surface area contributed by atoms with Gasteiger partial charge in [0.15, 0.2) is 0 Å². The first-order chi connectivity index (χ1) is 11.1. The normalized spacial score (nSPS) is 29.3. The summed E-state index contributed by atoms with van der Waals surface area (Å²) in [5.74, 6) is 0.833. The van der Waals surface area contributed by atoms with Crippen LogP contribution in [-0.2, 0) is 14.3 Å². The lowest BCUT2D eigenvalue weighted by Gasteiger charge is -2.53. The van der Waals surface area contributed by atoms with Gasteiger partial charge >= 0.3 is 0 Å². The summed E-state index contributed by atoms with van der Waals surface area (Å²) >= 11 is 0. The SMILES string of the molecule is COCC(=O)N1CCC2(CC1)CN(CC1CCOC1)CCN2C. The van der Waals surface area contributed by atoms with Crippen LogP contribution in [0.3, 0.4) is 0 Å². The molecule has 3 saturated heterocycles. The standard InChI is InChI=1S/C17H31N3O3/c1-18-8-9-19(11-15-3-10-23-12-15)14-17(18)4-6-20(7-5-17)16(21)13-22-2/h15H,3-14H2,1-2H3. The molecule has 1 spiro atoms. The van der Waals surface area contributed by atoms with Gasteiger partial charge in [0.05, 0.1) is 6.61 Å². The number of likely N-dealkylation sites (tertiary alicyclic amines) is 1. The summed E-state index contributed by atoms with van der Waals surface area (Å²) in [7, 11) is 3.84. The molecule has 23 heavy (non-hydrogen) atoms. The van der Waals surface area contributed by atoms with Gasteiger partial charge in [-0.05, 0) is 32.2 Å². The van der Waals surface area contributed by atoms with Gasteiger partial charge in [-0.25, -0.2) is 0 Å². The second-order valence-corrected chi connectivity index (χ2v) is 7.42. The van der Waals surface area contributed by atoms with E-state index in [1.165, 1.54) is 13.0 Å². The van der Waals surface area contributed by atoms with Crippen LogP contribution in [0.4, 0.5) is 0 Å².